The van der Waals surface area contributed by atoms with E-state index in [1.165, 1.54) is 0 Å². The minimum Gasteiger partial charge on any atom is -0.497 e. The van der Waals surface area contributed by atoms with Gasteiger partial charge in [0.1, 0.15) is 11.5 Å². The maximum Gasteiger partial charge on any atom is 0.315 e. The van der Waals surface area contributed by atoms with E-state index < -0.39 is 0 Å². The first kappa shape index (κ1) is 17.9. The van der Waals surface area contributed by atoms with Crippen molar-refractivity contribution in [3.63, 3.8) is 0 Å². The molecule has 0 saturated carbocycles. The fourth-order valence-electron chi connectivity index (χ4n) is 2.27. The van der Waals surface area contributed by atoms with Gasteiger partial charge in [-0.1, -0.05) is 29.8 Å². The van der Waals surface area contributed by atoms with Crippen molar-refractivity contribution in [3.05, 3.63) is 58.6 Å². The molecule has 0 unspecified atom stereocenters. The van der Waals surface area contributed by atoms with Crippen molar-refractivity contribution in [2.75, 3.05) is 20.8 Å². The van der Waals surface area contributed by atoms with Gasteiger partial charge in [-0.15, -0.1) is 0 Å². The zero-order valence-electron chi connectivity index (χ0n) is 13.8. The smallest absolute Gasteiger partial charge is 0.315 e. The summed E-state index contributed by atoms with van der Waals surface area (Å²) in [4.78, 5) is 11.9. The molecule has 2 rings (SSSR count). The molecule has 5 nitrogen and oxygen atoms in total. The summed E-state index contributed by atoms with van der Waals surface area (Å²) in [7, 11) is 3.24. The van der Waals surface area contributed by atoms with Gasteiger partial charge in [0.25, 0.3) is 0 Å². The predicted octanol–water partition coefficient (Wildman–Crippen LogP) is 3.40. The number of rotatable bonds is 7. The van der Waals surface area contributed by atoms with Crippen LogP contribution in [0, 0.1) is 0 Å². The van der Waals surface area contributed by atoms with Gasteiger partial charge in [-0.25, -0.2) is 4.79 Å². The average molecular weight is 349 g/mol. The summed E-state index contributed by atoms with van der Waals surface area (Å²) in [6.07, 6.45) is 0.639. The van der Waals surface area contributed by atoms with Crippen LogP contribution in [0.3, 0.4) is 0 Å². The molecule has 2 aromatic carbocycles. The first-order valence-electron chi connectivity index (χ1n) is 7.60. The summed E-state index contributed by atoms with van der Waals surface area (Å²) >= 11 is 6.06. The summed E-state index contributed by atoms with van der Waals surface area (Å²) in [6, 6.07) is 12.8. The van der Waals surface area contributed by atoms with Gasteiger partial charge in [0.2, 0.25) is 0 Å². The Hall–Kier alpha value is -2.40. The van der Waals surface area contributed by atoms with Gasteiger partial charge >= 0.3 is 6.03 Å². The molecule has 128 valence electrons. The lowest BCUT2D eigenvalue weighted by Gasteiger charge is -2.12. The van der Waals surface area contributed by atoms with E-state index in [4.69, 9.17) is 21.1 Å². The van der Waals surface area contributed by atoms with Gasteiger partial charge in [-0.2, -0.15) is 0 Å². The molecule has 2 aromatic rings. The van der Waals surface area contributed by atoms with Crippen LogP contribution >= 0.6 is 11.6 Å². The number of benzene rings is 2. The number of halogens is 1. The first-order valence-corrected chi connectivity index (χ1v) is 7.98. The monoisotopic (exact) mass is 348 g/mol. The number of carbonyl (C=O) groups excluding carboxylic acids is 1. The Morgan fingerprint density at radius 1 is 1.04 bits per heavy atom. The number of hydrogen-bond acceptors (Lipinski definition) is 3. The molecule has 0 aromatic heterocycles. The molecule has 0 aliphatic heterocycles. The number of hydrogen-bond donors (Lipinski definition) is 2. The van der Waals surface area contributed by atoms with Gasteiger partial charge in [0.15, 0.2) is 0 Å². The number of urea groups is 1. The van der Waals surface area contributed by atoms with Gasteiger partial charge in [0, 0.05) is 18.1 Å². The Morgan fingerprint density at radius 2 is 1.83 bits per heavy atom. The maximum atomic E-state index is 11.9. The Morgan fingerprint density at radius 3 is 2.54 bits per heavy atom. The minimum atomic E-state index is -0.239. The van der Waals surface area contributed by atoms with Crippen LogP contribution in [0.1, 0.15) is 11.1 Å². The molecule has 0 saturated heterocycles. The van der Waals surface area contributed by atoms with Crippen LogP contribution in [-0.4, -0.2) is 26.8 Å². The molecule has 0 radical (unpaired) electrons. The lowest BCUT2D eigenvalue weighted by Crippen LogP contribution is -2.36. The number of amides is 2. The molecule has 2 amide bonds. The molecule has 0 aliphatic rings. The molecular formula is C18H21ClN2O3. The normalized spacial score (nSPS) is 10.1. The van der Waals surface area contributed by atoms with Crippen LogP contribution in [0.25, 0.3) is 0 Å². The zero-order chi connectivity index (χ0) is 17.4. The van der Waals surface area contributed by atoms with Crippen LogP contribution in [-0.2, 0) is 13.0 Å². The van der Waals surface area contributed by atoms with Crippen LogP contribution in [0.4, 0.5) is 4.79 Å². The second-order valence-electron chi connectivity index (χ2n) is 5.13. The average Bonchev–Trinajstić information content (AvgIpc) is 2.61. The van der Waals surface area contributed by atoms with Crippen molar-refractivity contribution in [1.82, 2.24) is 10.6 Å². The first-order chi connectivity index (χ1) is 11.6. The molecule has 0 heterocycles. The highest BCUT2D eigenvalue weighted by molar-refractivity contribution is 6.31. The summed E-state index contributed by atoms with van der Waals surface area (Å²) in [6.45, 7) is 0.867. The van der Waals surface area contributed by atoms with Gasteiger partial charge in [-0.05, 0) is 41.8 Å². The molecular weight excluding hydrogens is 328 g/mol. The highest BCUT2D eigenvalue weighted by atomic mass is 35.5. The third-order valence-corrected chi connectivity index (χ3v) is 3.93. The molecule has 0 aliphatic carbocycles. The van der Waals surface area contributed by atoms with Crippen molar-refractivity contribution in [2.24, 2.45) is 0 Å². The van der Waals surface area contributed by atoms with Gasteiger partial charge in [0.05, 0.1) is 14.2 Å². The second kappa shape index (κ2) is 9.03. The molecule has 0 spiro atoms. The highest BCUT2D eigenvalue weighted by Gasteiger charge is 2.07. The number of methoxy groups -OCH3 is 2. The standard InChI is InChI=1S/C18H21ClN2O3/c1-23-15-7-8-17(24-2)13(11-15)9-10-20-18(22)21-12-14-5-3-4-6-16(14)19/h3-8,11H,9-10,12H2,1-2H3,(H2,20,21,22). The fraction of sp³-hybridized carbons (Fsp3) is 0.278. The van der Waals surface area contributed by atoms with Crippen molar-refractivity contribution in [1.29, 1.82) is 0 Å². The van der Waals surface area contributed by atoms with E-state index in [0.29, 0.717) is 24.5 Å². The maximum absolute atomic E-state index is 11.9. The quantitative estimate of drug-likeness (QED) is 0.806. The van der Waals surface area contributed by atoms with Crippen LogP contribution in [0.5, 0.6) is 11.5 Å². The molecule has 2 N–H and O–H groups in total. The number of ether oxygens (including phenoxy) is 2. The zero-order valence-corrected chi connectivity index (χ0v) is 14.5. The summed E-state index contributed by atoms with van der Waals surface area (Å²) in [5, 5.41) is 6.24. The number of nitrogens with one attached hydrogen (secondary N) is 2. The largest absolute Gasteiger partial charge is 0.497 e. The van der Waals surface area contributed by atoms with Crippen molar-refractivity contribution in [3.8, 4) is 11.5 Å². The van der Waals surface area contributed by atoms with Gasteiger partial charge < -0.3 is 20.1 Å². The molecule has 24 heavy (non-hydrogen) atoms. The third kappa shape index (κ3) is 5.06. The van der Waals surface area contributed by atoms with Crippen LogP contribution < -0.4 is 20.1 Å². The minimum absolute atomic E-state index is 0.239. The van der Waals surface area contributed by atoms with Crippen LogP contribution in [0.2, 0.25) is 5.02 Å². The van der Waals surface area contributed by atoms with E-state index in [0.717, 1.165) is 22.6 Å². The molecule has 6 heteroatoms. The van der Waals surface area contributed by atoms with Crippen LogP contribution in [0.15, 0.2) is 42.5 Å². The topological polar surface area (TPSA) is 59.6 Å². The predicted molar refractivity (Wildman–Crippen MR) is 94.9 cm³/mol. The lowest BCUT2D eigenvalue weighted by molar-refractivity contribution is 0.240. The second-order valence-corrected chi connectivity index (χ2v) is 5.54. The Bertz CT molecular complexity index is 692. The van der Waals surface area contributed by atoms with E-state index in [9.17, 15) is 4.79 Å². The number of carbonyl (C=O) groups is 1. The fourth-order valence-corrected chi connectivity index (χ4v) is 2.47. The van der Waals surface area contributed by atoms with Crippen molar-refractivity contribution in [2.45, 2.75) is 13.0 Å². The Balaban J connectivity index is 1.81. The SMILES string of the molecule is COc1ccc(OC)c(CCNC(=O)NCc2ccccc2Cl)c1. The van der Waals surface area contributed by atoms with E-state index in [-0.39, 0.29) is 6.03 Å². The third-order valence-electron chi connectivity index (χ3n) is 3.56. The summed E-state index contributed by atoms with van der Waals surface area (Å²) in [5.74, 6) is 1.53. The van der Waals surface area contributed by atoms with E-state index >= 15 is 0 Å². The molecule has 0 fully saturated rings. The summed E-state index contributed by atoms with van der Waals surface area (Å²) < 4.78 is 10.5. The van der Waals surface area contributed by atoms with Gasteiger partial charge in [-0.3, -0.25) is 0 Å². The van der Waals surface area contributed by atoms with E-state index in [1.807, 2.05) is 36.4 Å². The van der Waals surface area contributed by atoms with E-state index in [2.05, 4.69) is 10.6 Å². The Kier molecular flexibility index (Phi) is 6.75. The van der Waals surface area contributed by atoms with Crippen molar-refractivity contribution >= 4 is 17.6 Å². The molecule has 0 bridgehead atoms. The lowest BCUT2D eigenvalue weighted by atomic mass is 10.1. The van der Waals surface area contributed by atoms with E-state index in [1.54, 1.807) is 20.3 Å². The highest BCUT2D eigenvalue weighted by Crippen LogP contribution is 2.24. The van der Waals surface area contributed by atoms with Crippen molar-refractivity contribution < 1.29 is 14.3 Å². The summed E-state index contributed by atoms with van der Waals surface area (Å²) in [5.41, 5.74) is 1.85. The Labute approximate surface area is 146 Å². The molecule has 0 atom stereocenters.